The maximum absolute atomic E-state index is 10.7. The van der Waals surface area contributed by atoms with Crippen molar-refractivity contribution in [3.63, 3.8) is 0 Å². The van der Waals surface area contributed by atoms with Crippen molar-refractivity contribution in [2.75, 3.05) is 0 Å². The van der Waals surface area contributed by atoms with Crippen LogP contribution < -0.4 is 4.74 Å². The highest BCUT2D eigenvalue weighted by Gasteiger charge is 2.02. The number of carbonyl (C=O) groups is 1. The number of hydrogen-bond donors (Lipinski definition) is 1. The number of para-hydroxylation sites is 1. The van der Waals surface area contributed by atoms with Crippen LogP contribution in [0, 0.1) is 0 Å². The van der Waals surface area contributed by atoms with Crippen molar-refractivity contribution in [1.29, 1.82) is 0 Å². The minimum atomic E-state index is -0.0107. The van der Waals surface area contributed by atoms with E-state index in [1.165, 1.54) is 6.07 Å². The Labute approximate surface area is 99.3 Å². The van der Waals surface area contributed by atoms with E-state index in [0.717, 1.165) is 11.3 Å². The van der Waals surface area contributed by atoms with Crippen molar-refractivity contribution in [3.8, 4) is 11.5 Å². The fourth-order valence-corrected chi connectivity index (χ4v) is 1.47. The number of ether oxygens (including phenoxy) is 1. The predicted molar refractivity (Wildman–Crippen MR) is 64.3 cm³/mol. The molecule has 3 nitrogen and oxygen atoms in total. The van der Waals surface area contributed by atoms with Crippen LogP contribution in [0.3, 0.4) is 0 Å². The van der Waals surface area contributed by atoms with Crippen molar-refractivity contribution in [2.45, 2.75) is 6.61 Å². The SMILES string of the molecule is O=Cc1cc(COc2ccccc2)ccc1O. The maximum atomic E-state index is 10.7. The molecule has 2 aromatic rings. The van der Waals surface area contributed by atoms with Crippen LogP contribution in [0.2, 0.25) is 0 Å². The number of aldehydes is 1. The number of aromatic hydroxyl groups is 1. The van der Waals surface area contributed by atoms with E-state index in [4.69, 9.17) is 4.74 Å². The van der Waals surface area contributed by atoms with Crippen molar-refractivity contribution in [3.05, 3.63) is 59.7 Å². The quantitative estimate of drug-likeness (QED) is 0.818. The Morgan fingerprint density at radius 3 is 2.59 bits per heavy atom. The maximum Gasteiger partial charge on any atom is 0.153 e. The summed E-state index contributed by atoms with van der Waals surface area (Å²) < 4.78 is 5.53. The van der Waals surface area contributed by atoms with Gasteiger partial charge < -0.3 is 9.84 Å². The van der Waals surface area contributed by atoms with E-state index in [0.29, 0.717) is 12.9 Å². The summed E-state index contributed by atoms with van der Waals surface area (Å²) in [5, 5.41) is 9.35. The van der Waals surface area contributed by atoms with E-state index < -0.39 is 0 Å². The number of carbonyl (C=O) groups excluding carboxylic acids is 1. The number of benzene rings is 2. The van der Waals surface area contributed by atoms with Crippen LogP contribution in [0.25, 0.3) is 0 Å². The molecule has 0 bridgehead atoms. The molecule has 0 aliphatic heterocycles. The Morgan fingerprint density at radius 2 is 1.88 bits per heavy atom. The van der Waals surface area contributed by atoms with Gasteiger partial charge in [0.05, 0.1) is 5.56 Å². The fourth-order valence-electron chi connectivity index (χ4n) is 1.47. The Hall–Kier alpha value is -2.29. The lowest BCUT2D eigenvalue weighted by Gasteiger charge is -2.07. The summed E-state index contributed by atoms with van der Waals surface area (Å²) in [6.45, 7) is 0.366. The van der Waals surface area contributed by atoms with Gasteiger partial charge in [0.15, 0.2) is 6.29 Å². The van der Waals surface area contributed by atoms with E-state index in [1.807, 2.05) is 30.3 Å². The molecule has 1 N–H and O–H groups in total. The summed E-state index contributed by atoms with van der Waals surface area (Å²) in [5.74, 6) is 0.761. The first-order valence-electron chi connectivity index (χ1n) is 5.24. The van der Waals surface area contributed by atoms with Crippen LogP contribution >= 0.6 is 0 Å². The minimum Gasteiger partial charge on any atom is -0.507 e. The predicted octanol–water partition coefficient (Wildman–Crippen LogP) is 2.78. The van der Waals surface area contributed by atoms with Crippen LogP contribution in [0.15, 0.2) is 48.5 Å². The summed E-state index contributed by atoms with van der Waals surface area (Å²) in [6, 6.07) is 14.3. The summed E-state index contributed by atoms with van der Waals surface area (Å²) >= 11 is 0. The highest BCUT2D eigenvalue weighted by Crippen LogP contribution is 2.18. The van der Waals surface area contributed by atoms with Gasteiger partial charge in [-0.1, -0.05) is 24.3 Å². The lowest BCUT2D eigenvalue weighted by Crippen LogP contribution is -1.96. The van der Waals surface area contributed by atoms with E-state index in [9.17, 15) is 9.90 Å². The topological polar surface area (TPSA) is 46.5 Å². The third-order valence-electron chi connectivity index (χ3n) is 2.37. The summed E-state index contributed by atoms with van der Waals surface area (Å²) in [5.41, 5.74) is 1.12. The van der Waals surface area contributed by atoms with Gasteiger partial charge in [0.1, 0.15) is 18.1 Å². The van der Waals surface area contributed by atoms with Gasteiger partial charge in [-0.2, -0.15) is 0 Å². The van der Waals surface area contributed by atoms with Gasteiger partial charge in [-0.15, -0.1) is 0 Å². The van der Waals surface area contributed by atoms with Gasteiger partial charge in [-0.05, 0) is 29.8 Å². The summed E-state index contributed by atoms with van der Waals surface area (Å²) in [7, 11) is 0. The molecule has 0 atom stereocenters. The number of phenols is 1. The average Bonchev–Trinajstić information content (AvgIpc) is 2.39. The summed E-state index contributed by atoms with van der Waals surface area (Å²) in [4.78, 5) is 10.7. The molecule has 0 saturated carbocycles. The molecule has 0 radical (unpaired) electrons. The molecule has 86 valence electrons. The first kappa shape index (κ1) is 11.2. The molecule has 2 rings (SSSR count). The van der Waals surface area contributed by atoms with Crippen LogP contribution in [-0.2, 0) is 6.61 Å². The zero-order valence-electron chi connectivity index (χ0n) is 9.17. The van der Waals surface area contributed by atoms with Gasteiger partial charge in [-0.3, -0.25) is 4.79 Å². The standard InChI is InChI=1S/C14H12O3/c15-9-12-8-11(6-7-14(12)16)10-17-13-4-2-1-3-5-13/h1-9,16H,10H2. The van der Waals surface area contributed by atoms with E-state index >= 15 is 0 Å². The normalized spacial score (nSPS) is 9.88. The molecular formula is C14H12O3. The first-order chi connectivity index (χ1) is 8.29. The van der Waals surface area contributed by atoms with Gasteiger partial charge >= 0.3 is 0 Å². The molecule has 0 fully saturated rings. The molecule has 17 heavy (non-hydrogen) atoms. The largest absolute Gasteiger partial charge is 0.507 e. The molecule has 0 saturated heterocycles. The molecule has 0 unspecified atom stereocenters. The average molecular weight is 228 g/mol. The molecule has 0 amide bonds. The molecule has 2 aromatic carbocycles. The Balaban J connectivity index is 2.07. The van der Waals surface area contributed by atoms with E-state index in [-0.39, 0.29) is 11.3 Å². The van der Waals surface area contributed by atoms with Gasteiger partial charge in [0.2, 0.25) is 0 Å². The van der Waals surface area contributed by atoms with Crippen LogP contribution in [0.1, 0.15) is 15.9 Å². The van der Waals surface area contributed by atoms with Crippen LogP contribution in [0.5, 0.6) is 11.5 Å². The Morgan fingerprint density at radius 1 is 1.12 bits per heavy atom. The number of hydrogen-bond acceptors (Lipinski definition) is 3. The van der Waals surface area contributed by atoms with E-state index in [2.05, 4.69) is 0 Å². The van der Waals surface area contributed by atoms with E-state index in [1.54, 1.807) is 12.1 Å². The van der Waals surface area contributed by atoms with Crippen molar-refractivity contribution in [2.24, 2.45) is 0 Å². The molecule has 0 spiro atoms. The third-order valence-corrected chi connectivity index (χ3v) is 2.37. The first-order valence-corrected chi connectivity index (χ1v) is 5.24. The molecule has 0 aliphatic rings. The van der Waals surface area contributed by atoms with Crippen molar-refractivity contribution >= 4 is 6.29 Å². The van der Waals surface area contributed by atoms with Crippen LogP contribution in [-0.4, -0.2) is 11.4 Å². The Bertz CT molecular complexity index is 506. The molecular weight excluding hydrogens is 216 g/mol. The lowest BCUT2D eigenvalue weighted by atomic mass is 10.1. The second kappa shape index (κ2) is 5.16. The second-order valence-corrected chi connectivity index (χ2v) is 3.61. The summed E-state index contributed by atoms with van der Waals surface area (Å²) in [6.07, 6.45) is 0.626. The Kier molecular flexibility index (Phi) is 3.40. The van der Waals surface area contributed by atoms with Gasteiger partial charge in [-0.25, -0.2) is 0 Å². The lowest BCUT2D eigenvalue weighted by molar-refractivity contribution is 0.112. The molecule has 0 aliphatic carbocycles. The van der Waals surface area contributed by atoms with Crippen LogP contribution in [0.4, 0.5) is 0 Å². The highest BCUT2D eigenvalue weighted by molar-refractivity contribution is 5.79. The van der Waals surface area contributed by atoms with Crippen molar-refractivity contribution < 1.29 is 14.6 Å². The van der Waals surface area contributed by atoms with Crippen molar-refractivity contribution in [1.82, 2.24) is 0 Å². The van der Waals surface area contributed by atoms with Gasteiger partial charge in [0.25, 0.3) is 0 Å². The highest BCUT2D eigenvalue weighted by atomic mass is 16.5. The zero-order chi connectivity index (χ0) is 12.1. The molecule has 0 aromatic heterocycles. The zero-order valence-corrected chi connectivity index (χ0v) is 9.17. The minimum absolute atomic E-state index is 0.0107. The number of rotatable bonds is 4. The van der Waals surface area contributed by atoms with Gasteiger partial charge in [0, 0.05) is 0 Å². The molecule has 3 heteroatoms. The third kappa shape index (κ3) is 2.84. The monoisotopic (exact) mass is 228 g/mol. The second-order valence-electron chi connectivity index (χ2n) is 3.61. The number of phenolic OH excluding ortho intramolecular Hbond substituents is 1. The fraction of sp³-hybridized carbons (Fsp3) is 0.0714. The smallest absolute Gasteiger partial charge is 0.153 e. The molecule has 0 heterocycles.